The van der Waals surface area contributed by atoms with E-state index in [1.165, 1.54) is 24.5 Å². The molecule has 1 atom stereocenters. The molecule has 0 bridgehead atoms. The van der Waals surface area contributed by atoms with Crippen molar-refractivity contribution in [3.05, 3.63) is 16.1 Å². The van der Waals surface area contributed by atoms with E-state index in [9.17, 15) is 0 Å². The quantitative estimate of drug-likeness (QED) is 0.745. The average molecular weight is 275 g/mol. The second kappa shape index (κ2) is 6.69. The zero-order valence-corrected chi connectivity index (χ0v) is 11.8. The highest BCUT2D eigenvalue weighted by Gasteiger charge is 2.21. The Hall–Kier alpha value is -0.160. The van der Waals surface area contributed by atoms with Gasteiger partial charge in [-0.15, -0.1) is 22.9 Å². The average Bonchev–Trinajstić information content (AvgIpc) is 2.95. The molecule has 5 heteroatoms. The fourth-order valence-electron chi connectivity index (χ4n) is 2.27. The standard InChI is InChI=1S/C12H19ClN2OS/c1-16-8-10-2-4-15(7-10)5-3-12-14-11(6-13)9-17-12/h9-10H,2-8H2,1H3. The van der Waals surface area contributed by atoms with Crippen molar-refractivity contribution in [3.8, 4) is 0 Å². The van der Waals surface area contributed by atoms with Crippen LogP contribution in [0.2, 0.25) is 0 Å². The normalized spacial score (nSPS) is 21.2. The molecule has 1 unspecified atom stereocenters. The minimum atomic E-state index is 0.524. The first kappa shape index (κ1) is 13.3. The summed E-state index contributed by atoms with van der Waals surface area (Å²) >= 11 is 7.46. The van der Waals surface area contributed by atoms with E-state index in [4.69, 9.17) is 16.3 Å². The van der Waals surface area contributed by atoms with E-state index in [-0.39, 0.29) is 0 Å². The first-order valence-corrected chi connectivity index (χ1v) is 7.43. The molecule has 3 nitrogen and oxygen atoms in total. The van der Waals surface area contributed by atoms with Crippen LogP contribution in [-0.4, -0.2) is 43.2 Å². The molecule has 0 amide bonds. The summed E-state index contributed by atoms with van der Waals surface area (Å²) in [4.78, 5) is 6.99. The van der Waals surface area contributed by atoms with Crippen LogP contribution in [0, 0.1) is 5.92 Å². The van der Waals surface area contributed by atoms with Crippen LogP contribution < -0.4 is 0 Å². The summed E-state index contributed by atoms with van der Waals surface area (Å²) in [5.74, 6) is 1.24. The second-order valence-electron chi connectivity index (χ2n) is 4.53. The molecule has 0 aliphatic carbocycles. The topological polar surface area (TPSA) is 25.4 Å². The fraction of sp³-hybridized carbons (Fsp3) is 0.750. The van der Waals surface area contributed by atoms with Crippen molar-refractivity contribution in [2.24, 2.45) is 5.92 Å². The van der Waals surface area contributed by atoms with Gasteiger partial charge >= 0.3 is 0 Å². The number of rotatable bonds is 6. The van der Waals surface area contributed by atoms with Crippen molar-refractivity contribution < 1.29 is 4.74 Å². The summed E-state index contributed by atoms with van der Waals surface area (Å²) in [5, 5.41) is 3.26. The van der Waals surface area contributed by atoms with Crippen LogP contribution in [0.4, 0.5) is 0 Å². The summed E-state index contributed by atoms with van der Waals surface area (Å²) in [6.07, 6.45) is 2.31. The lowest BCUT2D eigenvalue weighted by Crippen LogP contribution is -2.24. The first-order chi connectivity index (χ1) is 8.31. The summed E-state index contributed by atoms with van der Waals surface area (Å²) < 4.78 is 5.20. The van der Waals surface area contributed by atoms with Gasteiger partial charge in [0, 0.05) is 32.0 Å². The van der Waals surface area contributed by atoms with E-state index in [0.717, 1.165) is 31.2 Å². The summed E-state index contributed by atoms with van der Waals surface area (Å²) in [6.45, 7) is 4.36. The van der Waals surface area contributed by atoms with Crippen molar-refractivity contribution >= 4 is 22.9 Å². The molecule has 0 N–H and O–H groups in total. The van der Waals surface area contributed by atoms with Crippen LogP contribution in [0.1, 0.15) is 17.1 Å². The minimum Gasteiger partial charge on any atom is -0.384 e. The third kappa shape index (κ3) is 3.91. The van der Waals surface area contributed by atoms with Crippen LogP contribution in [-0.2, 0) is 17.0 Å². The van der Waals surface area contributed by atoms with Crippen molar-refractivity contribution in [1.29, 1.82) is 0 Å². The van der Waals surface area contributed by atoms with Crippen molar-refractivity contribution in [3.63, 3.8) is 0 Å². The number of likely N-dealkylation sites (tertiary alicyclic amines) is 1. The van der Waals surface area contributed by atoms with Crippen molar-refractivity contribution in [2.45, 2.75) is 18.7 Å². The molecular weight excluding hydrogens is 256 g/mol. The van der Waals surface area contributed by atoms with Crippen molar-refractivity contribution in [2.75, 3.05) is 33.4 Å². The van der Waals surface area contributed by atoms with Gasteiger partial charge in [-0.25, -0.2) is 4.98 Å². The first-order valence-electron chi connectivity index (χ1n) is 6.02. The molecular formula is C12H19ClN2OS. The molecule has 1 aromatic rings. The van der Waals surface area contributed by atoms with Gasteiger partial charge in [-0.2, -0.15) is 0 Å². The van der Waals surface area contributed by atoms with E-state index in [0.29, 0.717) is 5.88 Å². The summed E-state index contributed by atoms with van der Waals surface area (Å²) in [5.41, 5.74) is 1.00. The third-order valence-electron chi connectivity index (χ3n) is 3.15. The maximum atomic E-state index is 5.74. The number of alkyl halides is 1. The van der Waals surface area contributed by atoms with Gasteiger partial charge in [0.2, 0.25) is 0 Å². The van der Waals surface area contributed by atoms with Crippen LogP contribution in [0.3, 0.4) is 0 Å². The smallest absolute Gasteiger partial charge is 0.0941 e. The Morgan fingerprint density at radius 1 is 1.65 bits per heavy atom. The highest BCUT2D eigenvalue weighted by Crippen LogP contribution is 2.18. The molecule has 1 saturated heterocycles. The number of nitrogens with zero attached hydrogens (tertiary/aromatic N) is 2. The van der Waals surface area contributed by atoms with E-state index in [1.54, 1.807) is 18.4 Å². The maximum Gasteiger partial charge on any atom is 0.0941 e. The Morgan fingerprint density at radius 3 is 3.24 bits per heavy atom. The number of methoxy groups -OCH3 is 1. The highest BCUT2D eigenvalue weighted by atomic mass is 35.5. The van der Waals surface area contributed by atoms with Crippen LogP contribution in [0.25, 0.3) is 0 Å². The lowest BCUT2D eigenvalue weighted by Gasteiger charge is -2.14. The van der Waals surface area contributed by atoms with E-state index < -0.39 is 0 Å². The van der Waals surface area contributed by atoms with Gasteiger partial charge in [-0.3, -0.25) is 0 Å². The molecule has 1 aliphatic heterocycles. The van der Waals surface area contributed by atoms with E-state index in [2.05, 4.69) is 15.3 Å². The largest absolute Gasteiger partial charge is 0.384 e. The second-order valence-corrected chi connectivity index (χ2v) is 5.74. The van der Waals surface area contributed by atoms with Crippen molar-refractivity contribution in [1.82, 2.24) is 9.88 Å². The van der Waals surface area contributed by atoms with Crippen LogP contribution in [0.15, 0.2) is 5.38 Å². The van der Waals surface area contributed by atoms with E-state index >= 15 is 0 Å². The van der Waals surface area contributed by atoms with Gasteiger partial charge in [0.1, 0.15) is 0 Å². The Labute approximate surface area is 112 Å². The molecule has 0 spiro atoms. The predicted octanol–water partition coefficient (Wildman–Crippen LogP) is 2.39. The van der Waals surface area contributed by atoms with Gasteiger partial charge in [-0.05, 0) is 18.9 Å². The molecule has 2 heterocycles. The number of aromatic nitrogens is 1. The lowest BCUT2D eigenvalue weighted by molar-refractivity contribution is 0.153. The van der Waals surface area contributed by atoms with E-state index in [1.807, 2.05) is 0 Å². The van der Waals surface area contributed by atoms with Gasteiger partial charge in [0.15, 0.2) is 0 Å². The molecule has 96 valence electrons. The summed E-state index contributed by atoms with van der Waals surface area (Å²) in [7, 11) is 1.78. The number of hydrogen-bond donors (Lipinski definition) is 0. The molecule has 17 heavy (non-hydrogen) atoms. The minimum absolute atomic E-state index is 0.524. The number of ether oxygens (including phenoxy) is 1. The fourth-order valence-corrected chi connectivity index (χ4v) is 3.28. The summed E-state index contributed by atoms with van der Waals surface area (Å²) in [6, 6.07) is 0. The molecule has 1 aliphatic rings. The van der Waals surface area contributed by atoms with Gasteiger partial charge in [0.05, 0.1) is 23.2 Å². The maximum absolute atomic E-state index is 5.74. The van der Waals surface area contributed by atoms with Crippen LogP contribution >= 0.6 is 22.9 Å². The Kier molecular flexibility index (Phi) is 5.22. The monoisotopic (exact) mass is 274 g/mol. The molecule has 0 saturated carbocycles. The SMILES string of the molecule is COCC1CCN(CCc2nc(CCl)cs2)C1. The zero-order chi connectivity index (χ0) is 12.1. The molecule has 0 radical (unpaired) electrons. The highest BCUT2D eigenvalue weighted by molar-refractivity contribution is 7.09. The Balaban J connectivity index is 1.72. The number of hydrogen-bond acceptors (Lipinski definition) is 4. The molecule has 1 aromatic heterocycles. The van der Waals surface area contributed by atoms with Gasteiger partial charge in [0.25, 0.3) is 0 Å². The van der Waals surface area contributed by atoms with Crippen LogP contribution in [0.5, 0.6) is 0 Å². The molecule has 2 rings (SSSR count). The Morgan fingerprint density at radius 2 is 2.53 bits per heavy atom. The Bertz CT molecular complexity index is 345. The van der Waals surface area contributed by atoms with Gasteiger partial charge < -0.3 is 9.64 Å². The predicted molar refractivity (Wildman–Crippen MR) is 71.8 cm³/mol. The third-order valence-corrected chi connectivity index (χ3v) is 4.38. The molecule has 0 aromatic carbocycles. The van der Waals surface area contributed by atoms with Gasteiger partial charge in [-0.1, -0.05) is 0 Å². The zero-order valence-electron chi connectivity index (χ0n) is 10.2. The lowest BCUT2D eigenvalue weighted by atomic mass is 10.1. The number of halogens is 1. The molecule has 1 fully saturated rings. The number of thiazole rings is 1.